The van der Waals surface area contributed by atoms with Crippen molar-refractivity contribution in [1.29, 1.82) is 0 Å². The lowest BCUT2D eigenvalue weighted by molar-refractivity contribution is -0.384. The number of halogens is 1. The molecule has 0 spiro atoms. The fourth-order valence-corrected chi connectivity index (χ4v) is 4.19. The van der Waals surface area contributed by atoms with Crippen LogP contribution in [0.25, 0.3) is 0 Å². The second-order valence-electron chi connectivity index (χ2n) is 5.51. The lowest BCUT2D eigenvalue weighted by Crippen LogP contribution is -2.35. The van der Waals surface area contributed by atoms with Gasteiger partial charge in [-0.15, -0.1) is 11.3 Å². The van der Waals surface area contributed by atoms with Gasteiger partial charge in [0.2, 0.25) is 0 Å². The molecule has 2 heterocycles. The van der Waals surface area contributed by atoms with E-state index in [2.05, 4.69) is 9.88 Å². The Kier molecular flexibility index (Phi) is 4.31. The zero-order chi connectivity index (χ0) is 15.7. The molecular formula is C15H16ClN3O2S. The van der Waals surface area contributed by atoms with Gasteiger partial charge in [-0.2, -0.15) is 0 Å². The summed E-state index contributed by atoms with van der Waals surface area (Å²) in [6.07, 6.45) is 4.02. The first-order valence-corrected chi connectivity index (χ1v) is 8.41. The molecule has 1 aliphatic rings. The first kappa shape index (κ1) is 15.2. The molecule has 1 aromatic heterocycles. The lowest BCUT2D eigenvalue weighted by Gasteiger charge is -2.35. The molecule has 1 fully saturated rings. The lowest BCUT2D eigenvalue weighted by atomic mass is 9.97. The van der Waals surface area contributed by atoms with Crippen molar-refractivity contribution in [2.24, 2.45) is 0 Å². The van der Waals surface area contributed by atoms with E-state index in [9.17, 15) is 10.1 Å². The molecule has 116 valence electrons. The topological polar surface area (TPSA) is 59.3 Å². The zero-order valence-corrected chi connectivity index (χ0v) is 13.7. The predicted molar refractivity (Wildman–Crippen MR) is 89.1 cm³/mol. The van der Waals surface area contributed by atoms with Crippen molar-refractivity contribution >= 4 is 34.3 Å². The normalized spacial score (nSPS) is 18.5. The highest BCUT2D eigenvalue weighted by Gasteiger charge is 2.26. The van der Waals surface area contributed by atoms with Crippen molar-refractivity contribution in [2.75, 3.05) is 18.0 Å². The molecule has 2 aromatic rings. The minimum atomic E-state index is -0.406. The van der Waals surface area contributed by atoms with Gasteiger partial charge in [0.15, 0.2) is 0 Å². The monoisotopic (exact) mass is 337 g/mol. The highest BCUT2D eigenvalue weighted by molar-refractivity contribution is 7.09. The van der Waals surface area contributed by atoms with Gasteiger partial charge in [-0.3, -0.25) is 10.1 Å². The summed E-state index contributed by atoms with van der Waals surface area (Å²) in [5.41, 5.74) is 1.80. The molecule has 7 heteroatoms. The van der Waals surface area contributed by atoms with Gasteiger partial charge in [-0.25, -0.2) is 4.98 Å². The van der Waals surface area contributed by atoms with E-state index in [0.29, 0.717) is 10.9 Å². The number of hydrogen-bond acceptors (Lipinski definition) is 5. The second-order valence-corrected chi connectivity index (χ2v) is 6.84. The number of piperidine rings is 1. The van der Waals surface area contributed by atoms with Crippen molar-refractivity contribution in [3.8, 4) is 0 Å². The van der Waals surface area contributed by atoms with Crippen molar-refractivity contribution in [2.45, 2.75) is 25.7 Å². The molecule has 5 nitrogen and oxygen atoms in total. The Bertz CT molecular complexity index is 667. The highest BCUT2D eigenvalue weighted by atomic mass is 35.5. The number of rotatable bonds is 3. The molecule has 0 saturated carbocycles. The Morgan fingerprint density at radius 2 is 2.32 bits per heavy atom. The van der Waals surface area contributed by atoms with E-state index in [-0.39, 0.29) is 5.69 Å². The Morgan fingerprint density at radius 3 is 2.95 bits per heavy atom. The van der Waals surface area contributed by atoms with Gasteiger partial charge < -0.3 is 4.90 Å². The van der Waals surface area contributed by atoms with Crippen LogP contribution in [0.1, 0.15) is 29.3 Å². The number of nitro benzene ring substituents is 1. The van der Waals surface area contributed by atoms with Gasteiger partial charge in [0.1, 0.15) is 0 Å². The maximum Gasteiger partial charge on any atom is 0.271 e. The minimum Gasteiger partial charge on any atom is -0.369 e. The molecule has 1 aromatic carbocycles. The quantitative estimate of drug-likeness (QED) is 0.615. The molecule has 1 aliphatic heterocycles. The van der Waals surface area contributed by atoms with Crippen LogP contribution in [0.3, 0.4) is 0 Å². The van der Waals surface area contributed by atoms with Crippen LogP contribution in [0.2, 0.25) is 5.02 Å². The molecule has 0 radical (unpaired) electrons. The highest BCUT2D eigenvalue weighted by Crippen LogP contribution is 2.38. The van der Waals surface area contributed by atoms with E-state index in [1.807, 2.05) is 18.5 Å². The van der Waals surface area contributed by atoms with Crippen LogP contribution in [0.4, 0.5) is 11.4 Å². The van der Waals surface area contributed by atoms with Crippen molar-refractivity contribution in [1.82, 2.24) is 4.98 Å². The maximum atomic E-state index is 10.9. The van der Waals surface area contributed by atoms with Crippen molar-refractivity contribution in [3.05, 3.63) is 49.4 Å². The van der Waals surface area contributed by atoms with Gasteiger partial charge >= 0.3 is 0 Å². The molecule has 22 heavy (non-hydrogen) atoms. The number of aromatic nitrogens is 1. The number of anilines is 1. The average molecular weight is 338 g/mol. The molecule has 0 bridgehead atoms. The predicted octanol–water partition coefficient (Wildman–Crippen LogP) is 4.40. The standard InChI is InChI=1S/C15H16ClN3O2S/c1-10-7-12(19(20)21)8-13(16)14(10)18-5-2-3-11(9-18)15-17-4-6-22-15/h4,6-8,11H,2-3,5,9H2,1H3. The smallest absolute Gasteiger partial charge is 0.271 e. The first-order chi connectivity index (χ1) is 10.6. The molecule has 3 rings (SSSR count). The van der Waals surface area contributed by atoms with Crippen LogP contribution < -0.4 is 4.90 Å². The van der Waals surface area contributed by atoms with Crippen LogP contribution in [0.15, 0.2) is 23.7 Å². The fourth-order valence-electron chi connectivity index (χ4n) is 3.04. The third-order valence-electron chi connectivity index (χ3n) is 3.99. The van der Waals surface area contributed by atoms with Gasteiger partial charge in [0.25, 0.3) is 5.69 Å². The molecular weight excluding hydrogens is 322 g/mol. The summed E-state index contributed by atoms with van der Waals surface area (Å²) in [4.78, 5) is 17.2. The molecule has 1 atom stereocenters. The average Bonchev–Trinajstić information content (AvgIpc) is 3.01. The summed E-state index contributed by atoms with van der Waals surface area (Å²) in [5, 5.41) is 14.5. The van der Waals surface area contributed by atoms with E-state index in [1.165, 1.54) is 6.07 Å². The van der Waals surface area contributed by atoms with Gasteiger partial charge in [-0.05, 0) is 25.3 Å². The minimum absolute atomic E-state index is 0.0414. The molecule has 1 saturated heterocycles. The van der Waals surface area contributed by atoms with E-state index >= 15 is 0 Å². The van der Waals surface area contributed by atoms with E-state index < -0.39 is 4.92 Å². The number of nitro groups is 1. The van der Waals surface area contributed by atoms with Crippen molar-refractivity contribution in [3.63, 3.8) is 0 Å². The Labute approximate surface area is 137 Å². The van der Waals surface area contributed by atoms with Crippen LogP contribution in [-0.2, 0) is 0 Å². The third-order valence-corrected chi connectivity index (χ3v) is 5.21. The van der Waals surface area contributed by atoms with Crippen LogP contribution >= 0.6 is 22.9 Å². The van der Waals surface area contributed by atoms with E-state index in [4.69, 9.17) is 11.6 Å². The number of aryl methyl sites for hydroxylation is 1. The molecule has 0 aliphatic carbocycles. The number of non-ortho nitro benzene ring substituents is 1. The molecule has 1 unspecified atom stereocenters. The largest absolute Gasteiger partial charge is 0.369 e. The second kappa shape index (κ2) is 6.22. The Balaban J connectivity index is 1.89. The summed E-state index contributed by atoms with van der Waals surface area (Å²) in [7, 11) is 0. The number of benzene rings is 1. The SMILES string of the molecule is Cc1cc([N+](=O)[O-])cc(Cl)c1N1CCCC(c2nccs2)C1. The van der Waals surface area contributed by atoms with Gasteiger partial charge in [0, 0.05) is 42.7 Å². The summed E-state index contributed by atoms with van der Waals surface area (Å²) >= 11 is 8.01. The number of thiazole rings is 1. The third kappa shape index (κ3) is 2.94. The maximum absolute atomic E-state index is 10.9. The Morgan fingerprint density at radius 1 is 1.50 bits per heavy atom. The van der Waals surface area contributed by atoms with Crippen LogP contribution in [0.5, 0.6) is 0 Å². The Hall–Kier alpha value is -1.66. The van der Waals surface area contributed by atoms with Gasteiger partial charge in [0.05, 0.1) is 20.6 Å². The van der Waals surface area contributed by atoms with E-state index in [0.717, 1.165) is 42.2 Å². The number of nitrogens with zero attached hydrogens (tertiary/aromatic N) is 3. The first-order valence-electron chi connectivity index (χ1n) is 7.15. The van der Waals surface area contributed by atoms with E-state index in [1.54, 1.807) is 17.4 Å². The molecule has 0 N–H and O–H groups in total. The summed E-state index contributed by atoms with van der Waals surface area (Å²) in [5.74, 6) is 0.402. The fraction of sp³-hybridized carbons (Fsp3) is 0.400. The summed E-state index contributed by atoms with van der Waals surface area (Å²) in [6.45, 7) is 3.65. The van der Waals surface area contributed by atoms with Crippen molar-refractivity contribution < 1.29 is 4.92 Å². The summed E-state index contributed by atoms with van der Waals surface area (Å²) in [6, 6.07) is 3.03. The van der Waals surface area contributed by atoms with Crippen LogP contribution in [0, 0.1) is 17.0 Å². The zero-order valence-electron chi connectivity index (χ0n) is 12.2. The van der Waals surface area contributed by atoms with Gasteiger partial charge in [-0.1, -0.05) is 11.6 Å². The number of hydrogen-bond donors (Lipinski definition) is 0. The summed E-state index contributed by atoms with van der Waals surface area (Å²) < 4.78 is 0. The van der Waals surface area contributed by atoms with Crippen LogP contribution in [-0.4, -0.2) is 23.0 Å². The molecule has 0 amide bonds.